The maximum absolute atomic E-state index is 10.1. The highest BCUT2D eigenvalue weighted by molar-refractivity contribution is 5.74. The SMILES string of the molecule is CCc1cc(-c2cc(O)ccc2O)cc(CC)c1O. The summed E-state index contributed by atoms with van der Waals surface area (Å²) >= 11 is 0. The van der Waals surface area contributed by atoms with Crippen LogP contribution in [0, 0.1) is 0 Å². The molecule has 0 atom stereocenters. The van der Waals surface area contributed by atoms with Crippen LogP contribution in [-0.2, 0) is 12.8 Å². The van der Waals surface area contributed by atoms with Crippen molar-refractivity contribution in [3.8, 4) is 28.4 Å². The molecule has 0 aromatic heterocycles. The highest BCUT2D eigenvalue weighted by Crippen LogP contribution is 2.36. The molecule has 0 unspecified atom stereocenters. The molecule has 0 radical (unpaired) electrons. The van der Waals surface area contributed by atoms with Crippen LogP contribution in [0.3, 0.4) is 0 Å². The number of phenols is 3. The van der Waals surface area contributed by atoms with Gasteiger partial charge in [0.2, 0.25) is 0 Å². The second kappa shape index (κ2) is 5.22. The number of aromatic hydroxyl groups is 3. The third-order valence-corrected chi connectivity index (χ3v) is 3.32. The van der Waals surface area contributed by atoms with E-state index in [1.165, 1.54) is 18.2 Å². The fourth-order valence-corrected chi connectivity index (χ4v) is 2.21. The van der Waals surface area contributed by atoms with E-state index in [0.29, 0.717) is 24.2 Å². The summed E-state index contributed by atoms with van der Waals surface area (Å²) in [6.07, 6.45) is 1.43. The van der Waals surface area contributed by atoms with Gasteiger partial charge in [0.1, 0.15) is 17.2 Å². The van der Waals surface area contributed by atoms with Crippen LogP contribution in [0.4, 0.5) is 0 Å². The van der Waals surface area contributed by atoms with E-state index in [1.807, 2.05) is 26.0 Å². The van der Waals surface area contributed by atoms with E-state index >= 15 is 0 Å². The van der Waals surface area contributed by atoms with E-state index in [1.54, 1.807) is 0 Å². The molecule has 2 aromatic carbocycles. The third kappa shape index (κ3) is 2.50. The predicted molar refractivity (Wildman–Crippen MR) is 75.6 cm³/mol. The monoisotopic (exact) mass is 258 g/mol. The molecule has 0 aliphatic heterocycles. The van der Waals surface area contributed by atoms with Gasteiger partial charge in [-0.15, -0.1) is 0 Å². The van der Waals surface area contributed by atoms with Gasteiger partial charge in [-0.2, -0.15) is 0 Å². The molecule has 0 saturated carbocycles. The quantitative estimate of drug-likeness (QED) is 0.737. The van der Waals surface area contributed by atoms with E-state index in [4.69, 9.17) is 0 Å². The Kier molecular flexibility index (Phi) is 3.65. The number of hydrogen-bond acceptors (Lipinski definition) is 3. The van der Waals surface area contributed by atoms with Crippen molar-refractivity contribution in [2.45, 2.75) is 26.7 Å². The molecule has 0 aliphatic carbocycles. The van der Waals surface area contributed by atoms with E-state index in [9.17, 15) is 15.3 Å². The Morgan fingerprint density at radius 2 is 1.42 bits per heavy atom. The molecule has 0 aliphatic rings. The average molecular weight is 258 g/mol. The van der Waals surface area contributed by atoms with Gasteiger partial charge >= 0.3 is 0 Å². The molecule has 100 valence electrons. The molecule has 0 spiro atoms. The molecule has 0 saturated heterocycles. The molecule has 0 amide bonds. The first-order valence-corrected chi connectivity index (χ1v) is 6.43. The van der Waals surface area contributed by atoms with E-state index in [0.717, 1.165) is 16.7 Å². The molecule has 2 aromatic rings. The van der Waals surface area contributed by atoms with Crippen LogP contribution in [0.1, 0.15) is 25.0 Å². The molecule has 3 nitrogen and oxygen atoms in total. The Morgan fingerprint density at radius 1 is 0.842 bits per heavy atom. The Hall–Kier alpha value is -2.16. The first-order valence-electron chi connectivity index (χ1n) is 6.43. The summed E-state index contributed by atoms with van der Waals surface area (Å²) in [6, 6.07) is 8.14. The largest absolute Gasteiger partial charge is 0.508 e. The lowest BCUT2D eigenvalue weighted by atomic mass is 9.96. The highest BCUT2D eigenvalue weighted by atomic mass is 16.3. The van der Waals surface area contributed by atoms with E-state index in [-0.39, 0.29) is 11.5 Å². The number of phenolic OH excluding ortho intramolecular Hbond substituents is 3. The van der Waals surface area contributed by atoms with Crippen molar-refractivity contribution in [2.24, 2.45) is 0 Å². The van der Waals surface area contributed by atoms with Crippen LogP contribution in [0.2, 0.25) is 0 Å². The lowest BCUT2D eigenvalue weighted by molar-refractivity contribution is 0.460. The van der Waals surface area contributed by atoms with Gasteiger partial charge < -0.3 is 15.3 Å². The second-order valence-electron chi connectivity index (χ2n) is 4.55. The first-order chi connectivity index (χ1) is 9.06. The smallest absolute Gasteiger partial charge is 0.123 e. The van der Waals surface area contributed by atoms with Crippen LogP contribution < -0.4 is 0 Å². The zero-order valence-corrected chi connectivity index (χ0v) is 11.1. The van der Waals surface area contributed by atoms with Gasteiger partial charge in [0.25, 0.3) is 0 Å². The zero-order chi connectivity index (χ0) is 14.0. The summed E-state index contributed by atoms with van der Waals surface area (Å²) in [7, 11) is 0. The lowest BCUT2D eigenvalue weighted by Gasteiger charge is -2.12. The second-order valence-corrected chi connectivity index (χ2v) is 4.55. The fraction of sp³-hybridized carbons (Fsp3) is 0.250. The number of benzene rings is 2. The van der Waals surface area contributed by atoms with Crippen molar-refractivity contribution < 1.29 is 15.3 Å². The van der Waals surface area contributed by atoms with Gasteiger partial charge in [-0.3, -0.25) is 0 Å². The Labute approximate surface area is 112 Å². The van der Waals surface area contributed by atoms with Crippen LogP contribution in [0.15, 0.2) is 30.3 Å². The summed E-state index contributed by atoms with van der Waals surface area (Å²) in [5, 5.41) is 29.5. The molecule has 2 rings (SSSR count). The standard InChI is InChI=1S/C16H18O3/c1-3-10-7-12(8-11(4-2)16(10)19)14-9-13(17)5-6-15(14)18/h5-9,17-19H,3-4H2,1-2H3. The lowest BCUT2D eigenvalue weighted by Crippen LogP contribution is -1.91. The summed E-state index contributed by atoms with van der Waals surface area (Å²) in [6.45, 7) is 3.95. The van der Waals surface area contributed by atoms with Gasteiger partial charge in [0.15, 0.2) is 0 Å². The molecule has 3 N–H and O–H groups in total. The Balaban J connectivity index is 2.65. The van der Waals surface area contributed by atoms with Crippen LogP contribution in [-0.4, -0.2) is 15.3 Å². The summed E-state index contributed by atoms with van der Waals surface area (Å²) in [5.74, 6) is 0.554. The minimum Gasteiger partial charge on any atom is -0.508 e. The molecule has 0 fully saturated rings. The molecule has 19 heavy (non-hydrogen) atoms. The fourth-order valence-electron chi connectivity index (χ4n) is 2.21. The molecular weight excluding hydrogens is 240 g/mol. The molecule has 3 heteroatoms. The molecule has 0 bridgehead atoms. The maximum atomic E-state index is 10.1. The first kappa shape index (κ1) is 13.3. The maximum Gasteiger partial charge on any atom is 0.123 e. The Bertz CT molecular complexity index is 578. The summed E-state index contributed by atoms with van der Waals surface area (Å²) in [4.78, 5) is 0. The van der Waals surface area contributed by atoms with Gasteiger partial charge in [-0.1, -0.05) is 13.8 Å². The van der Waals surface area contributed by atoms with Crippen molar-refractivity contribution in [3.05, 3.63) is 41.5 Å². The van der Waals surface area contributed by atoms with E-state index < -0.39 is 0 Å². The average Bonchev–Trinajstić information content (AvgIpc) is 2.42. The van der Waals surface area contributed by atoms with Gasteiger partial charge in [0, 0.05) is 5.56 Å². The van der Waals surface area contributed by atoms with Crippen molar-refractivity contribution in [2.75, 3.05) is 0 Å². The minimum atomic E-state index is 0.108. The number of aryl methyl sites for hydroxylation is 2. The van der Waals surface area contributed by atoms with Crippen LogP contribution in [0.5, 0.6) is 17.2 Å². The van der Waals surface area contributed by atoms with Crippen molar-refractivity contribution in [3.63, 3.8) is 0 Å². The normalized spacial score (nSPS) is 10.6. The predicted octanol–water partition coefficient (Wildman–Crippen LogP) is 3.60. The van der Waals surface area contributed by atoms with Crippen molar-refractivity contribution >= 4 is 0 Å². The van der Waals surface area contributed by atoms with Crippen molar-refractivity contribution in [1.29, 1.82) is 0 Å². The van der Waals surface area contributed by atoms with Gasteiger partial charge in [-0.05, 0) is 59.9 Å². The molecule has 0 heterocycles. The zero-order valence-electron chi connectivity index (χ0n) is 11.1. The topological polar surface area (TPSA) is 60.7 Å². The summed E-state index contributed by atoms with van der Waals surface area (Å²) < 4.78 is 0. The van der Waals surface area contributed by atoms with Crippen molar-refractivity contribution in [1.82, 2.24) is 0 Å². The third-order valence-electron chi connectivity index (χ3n) is 3.32. The molecular formula is C16H18O3. The minimum absolute atomic E-state index is 0.108. The van der Waals surface area contributed by atoms with Crippen LogP contribution in [0.25, 0.3) is 11.1 Å². The highest BCUT2D eigenvalue weighted by Gasteiger charge is 2.12. The number of hydrogen-bond donors (Lipinski definition) is 3. The van der Waals surface area contributed by atoms with E-state index in [2.05, 4.69) is 0 Å². The van der Waals surface area contributed by atoms with Crippen LogP contribution >= 0.6 is 0 Å². The van der Waals surface area contributed by atoms with Gasteiger partial charge in [0.05, 0.1) is 0 Å². The van der Waals surface area contributed by atoms with Gasteiger partial charge in [-0.25, -0.2) is 0 Å². The summed E-state index contributed by atoms with van der Waals surface area (Å²) in [5.41, 5.74) is 3.07. The number of rotatable bonds is 3. The Morgan fingerprint density at radius 3 is 1.95 bits per heavy atom.